The van der Waals surface area contributed by atoms with Crippen molar-refractivity contribution in [3.63, 3.8) is 0 Å². The summed E-state index contributed by atoms with van der Waals surface area (Å²) in [6.07, 6.45) is 3.01. The Hall–Kier alpha value is -4.10. The molecule has 0 unspecified atom stereocenters. The van der Waals surface area contributed by atoms with E-state index in [1.807, 2.05) is 34.9 Å². The van der Waals surface area contributed by atoms with E-state index in [1.54, 1.807) is 20.0 Å². The molecule has 0 spiro atoms. The summed E-state index contributed by atoms with van der Waals surface area (Å²) in [4.78, 5) is 28.4. The molecule has 0 saturated carbocycles. The molecule has 1 saturated heterocycles. The fraction of sp³-hybridized carbons (Fsp3) is 0.280. The van der Waals surface area contributed by atoms with Gasteiger partial charge in [0.05, 0.1) is 17.7 Å². The number of rotatable bonds is 7. The van der Waals surface area contributed by atoms with Crippen molar-refractivity contribution in [1.82, 2.24) is 14.3 Å². The molecule has 0 atom stereocenters. The molecule has 5 rings (SSSR count). The van der Waals surface area contributed by atoms with E-state index in [0.717, 1.165) is 34.8 Å². The normalized spacial score (nSPS) is 13.7. The molecule has 1 fully saturated rings. The molecular formula is C25H23BN4O5. The first kappa shape index (κ1) is 22.7. The van der Waals surface area contributed by atoms with Crippen LogP contribution in [-0.2, 0) is 18.3 Å². The minimum Gasteiger partial charge on any atom is -0.476 e. The second-order valence-electron chi connectivity index (χ2n) is 8.78. The lowest BCUT2D eigenvalue weighted by atomic mass is 9.35. The van der Waals surface area contributed by atoms with Crippen LogP contribution in [0, 0.1) is 18.2 Å². The molecule has 0 aliphatic carbocycles. The predicted molar refractivity (Wildman–Crippen MR) is 131 cm³/mol. The summed E-state index contributed by atoms with van der Waals surface area (Å²) >= 11 is 0. The Bertz CT molecular complexity index is 1520. The van der Waals surface area contributed by atoms with Crippen LogP contribution < -0.4 is 5.56 Å². The van der Waals surface area contributed by atoms with Crippen molar-refractivity contribution in [1.29, 1.82) is 5.26 Å². The van der Waals surface area contributed by atoms with Gasteiger partial charge >= 0.3 is 5.97 Å². The number of nitriles is 1. The number of carboxylic acids is 1. The number of nitrogens with zero attached hydrogens (tertiary/aromatic N) is 4. The number of ether oxygens (including phenoxy) is 1. The van der Waals surface area contributed by atoms with E-state index >= 15 is 0 Å². The molecule has 1 aliphatic heterocycles. The number of carbonyl (C=O) groups is 1. The van der Waals surface area contributed by atoms with Crippen LogP contribution in [0.1, 0.15) is 16.2 Å². The van der Waals surface area contributed by atoms with Gasteiger partial charge in [0.2, 0.25) is 0 Å². The maximum absolute atomic E-state index is 12.4. The highest BCUT2D eigenvalue weighted by Gasteiger charge is 2.33. The smallest absolute Gasteiger partial charge is 0.356 e. The molecule has 0 bridgehead atoms. The van der Waals surface area contributed by atoms with Crippen molar-refractivity contribution in [2.75, 3.05) is 6.61 Å². The fourth-order valence-corrected chi connectivity index (χ4v) is 4.70. The second kappa shape index (κ2) is 8.93. The maximum Gasteiger partial charge on any atom is 0.356 e. The number of pyridine rings is 1. The van der Waals surface area contributed by atoms with Crippen molar-refractivity contribution >= 4 is 23.6 Å². The molecule has 1 aliphatic rings. The van der Waals surface area contributed by atoms with E-state index in [-0.39, 0.29) is 24.1 Å². The third-order valence-electron chi connectivity index (χ3n) is 6.55. The van der Waals surface area contributed by atoms with Crippen molar-refractivity contribution in [2.24, 2.45) is 7.05 Å². The van der Waals surface area contributed by atoms with Crippen LogP contribution in [0.2, 0.25) is 12.6 Å². The predicted octanol–water partition coefficient (Wildman–Crippen LogP) is 3.63. The van der Waals surface area contributed by atoms with Gasteiger partial charge < -0.3 is 18.9 Å². The zero-order chi connectivity index (χ0) is 24.7. The summed E-state index contributed by atoms with van der Waals surface area (Å²) < 4.78 is 14.5. The monoisotopic (exact) mass is 470 g/mol. The van der Waals surface area contributed by atoms with Crippen LogP contribution in [-0.4, -0.2) is 44.8 Å². The van der Waals surface area contributed by atoms with Crippen LogP contribution in [0.15, 0.2) is 51.9 Å². The van der Waals surface area contributed by atoms with E-state index in [4.69, 9.17) is 14.5 Å². The van der Waals surface area contributed by atoms with Crippen molar-refractivity contribution in [2.45, 2.75) is 32.2 Å². The van der Waals surface area contributed by atoms with Gasteiger partial charge in [-0.3, -0.25) is 4.79 Å². The SMILES string of the molecule is Cc1on(C)c(=O)c1-c1ccc(-c2cc3ccnc(C(=O)O)c3n2CCOC2CB(C#N)C2)cc1. The molecule has 35 heavy (non-hydrogen) atoms. The average molecular weight is 470 g/mol. The highest BCUT2D eigenvalue weighted by molar-refractivity contribution is 6.70. The number of aromatic nitrogens is 3. The maximum atomic E-state index is 12.4. The summed E-state index contributed by atoms with van der Waals surface area (Å²) in [5.41, 5.74) is 3.27. The topological polar surface area (TPSA) is 123 Å². The Kier molecular flexibility index (Phi) is 5.79. The lowest BCUT2D eigenvalue weighted by Crippen LogP contribution is -2.37. The third-order valence-corrected chi connectivity index (χ3v) is 6.55. The number of hydrogen-bond donors (Lipinski definition) is 1. The zero-order valence-corrected chi connectivity index (χ0v) is 19.4. The molecule has 3 aromatic heterocycles. The average Bonchev–Trinajstić information content (AvgIpc) is 3.31. The van der Waals surface area contributed by atoms with E-state index in [9.17, 15) is 14.7 Å². The highest BCUT2D eigenvalue weighted by Crippen LogP contribution is 2.32. The molecule has 176 valence electrons. The number of hydrogen-bond acceptors (Lipinski definition) is 6. The first-order valence-corrected chi connectivity index (χ1v) is 11.4. The van der Waals surface area contributed by atoms with Crippen molar-refractivity contribution in [3.8, 4) is 28.4 Å². The van der Waals surface area contributed by atoms with Crippen molar-refractivity contribution < 1.29 is 19.2 Å². The van der Waals surface area contributed by atoms with Crippen LogP contribution in [0.3, 0.4) is 0 Å². The van der Waals surface area contributed by atoms with Gasteiger partial charge in [0.25, 0.3) is 12.3 Å². The summed E-state index contributed by atoms with van der Waals surface area (Å²) in [5, 5.41) is 19.5. The number of aryl methyl sites for hydroxylation is 2. The molecule has 1 aromatic carbocycles. The third kappa shape index (κ3) is 4.04. The molecule has 0 radical (unpaired) electrons. The second-order valence-corrected chi connectivity index (χ2v) is 8.78. The van der Waals surface area contributed by atoms with Gasteiger partial charge in [-0.25, -0.2) is 15.0 Å². The van der Waals surface area contributed by atoms with E-state index in [2.05, 4.69) is 11.0 Å². The number of fused-ring (bicyclic) bond motifs is 1. The van der Waals surface area contributed by atoms with Gasteiger partial charge in [-0.05, 0) is 42.8 Å². The van der Waals surface area contributed by atoms with E-state index in [1.165, 1.54) is 10.9 Å². The van der Waals surface area contributed by atoms with Crippen LogP contribution in [0.4, 0.5) is 0 Å². The van der Waals surface area contributed by atoms with Crippen molar-refractivity contribution in [3.05, 3.63) is 64.4 Å². The van der Waals surface area contributed by atoms with Crippen LogP contribution in [0.25, 0.3) is 33.3 Å². The van der Waals surface area contributed by atoms with Gasteiger partial charge in [-0.1, -0.05) is 24.3 Å². The van der Waals surface area contributed by atoms with Gasteiger partial charge in [0.1, 0.15) is 5.76 Å². The Morgan fingerprint density at radius 2 is 2.00 bits per heavy atom. The number of aromatic carboxylic acids is 1. The summed E-state index contributed by atoms with van der Waals surface area (Å²) in [7, 11) is 1.58. The Balaban J connectivity index is 1.51. The molecule has 4 aromatic rings. The molecular weight excluding hydrogens is 447 g/mol. The molecule has 1 N–H and O–H groups in total. The van der Waals surface area contributed by atoms with Crippen LogP contribution in [0.5, 0.6) is 0 Å². The molecule has 0 amide bonds. The summed E-state index contributed by atoms with van der Waals surface area (Å²) in [6, 6.07) is 11.3. The number of benzene rings is 1. The highest BCUT2D eigenvalue weighted by atomic mass is 16.5. The lowest BCUT2D eigenvalue weighted by molar-refractivity contribution is 0.0617. The standard InChI is InChI=1S/C25H23BN4O5/c1-15-21(24(31)29(2)35-15)17-5-3-16(4-6-17)20-11-18-7-8-28-22(25(32)33)23(18)30(20)9-10-34-19-12-26(13-19)14-27/h3-8,11,19H,9-10,12-13H2,1-2H3,(H,32,33). The molecule has 10 heteroatoms. The zero-order valence-electron chi connectivity index (χ0n) is 19.4. The van der Waals surface area contributed by atoms with E-state index < -0.39 is 5.97 Å². The van der Waals surface area contributed by atoms with E-state index in [0.29, 0.717) is 30.0 Å². The summed E-state index contributed by atoms with van der Waals surface area (Å²) in [6.45, 7) is 2.63. The van der Waals surface area contributed by atoms with Gasteiger partial charge in [-0.15, -0.1) is 0 Å². The Morgan fingerprint density at radius 3 is 2.63 bits per heavy atom. The van der Waals surface area contributed by atoms with Gasteiger partial charge in [-0.2, -0.15) is 4.74 Å². The largest absolute Gasteiger partial charge is 0.476 e. The Labute approximate surface area is 201 Å². The first-order valence-electron chi connectivity index (χ1n) is 11.4. The van der Waals surface area contributed by atoms with Crippen LogP contribution >= 0.6 is 0 Å². The van der Waals surface area contributed by atoms with Gasteiger partial charge in [0.15, 0.2) is 5.69 Å². The van der Waals surface area contributed by atoms with Gasteiger partial charge in [0, 0.05) is 42.9 Å². The summed E-state index contributed by atoms with van der Waals surface area (Å²) in [5.74, 6) is 1.70. The minimum atomic E-state index is -1.10. The quantitative estimate of drug-likeness (QED) is 0.409. The lowest BCUT2D eigenvalue weighted by Gasteiger charge is -2.28. The first-order chi connectivity index (χ1) is 16.9. The Morgan fingerprint density at radius 1 is 1.29 bits per heavy atom. The fourth-order valence-electron chi connectivity index (χ4n) is 4.70. The molecule has 4 heterocycles. The molecule has 9 nitrogen and oxygen atoms in total. The minimum absolute atomic E-state index is 0.0175. The number of carboxylic acid groups (broad SMARTS) is 1.